The van der Waals surface area contributed by atoms with Crippen LogP contribution < -0.4 is 10.6 Å². The van der Waals surface area contributed by atoms with Gasteiger partial charge in [-0.25, -0.2) is 0 Å². The van der Waals surface area contributed by atoms with Gasteiger partial charge in [0.15, 0.2) is 0 Å². The Morgan fingerprint density at radius 3 is 2.50 bits per heavy atom. The third kappa shape index (κ3) is 3.94. The highest BCUT2D eigenvalue weighted by Crippen LogP contribution is 2.23. The van der Waals surface area contributed by atoms with Gasteiger partial charge in [-0.15, -0.1) is 0 Å². The summed E-state index contributed by atoms with van der Waals surface area (Å²) in [5, 5.41) is 16.9. The highest BCUT2D eigenvalue weighted by molar-refractivity contribution is 5.99. The zero-order chi connectivity index (χ0) is 15.3. The smallest absolute Gasteiger partial charge is 0.282 e. The van der Waals surface area contributed by atoms with E-state index in [4.69, 9.17) is 0 Å². The van der Waals surface area contributed by atoms with Gasteiger partial charge in [0.1, 0.15) is 5.56 Å². The third-order valence-electron chi connectivity index (χ3n) is 3.15. The molecule has 6 heteroatoms. The molecule has 0 spiro atoms. The van der Waals surface area contributed by atoms with Crippen LogP contribution in [0.5, 0.6) is 0 Å². The van der Waals surface area contributed by atoms with E-state index in [1.165, 1.54) is 12.1 Å². The van der Waals surface area contributed by atoms with Crippen molar-refractivity contribution < 1.29 is 9.72 Å². The first-order valence-electron chi connectivity index (χ1n) is 6.65. The first-order chi connectivity index (χ1) is 9.30. The van der Waals surface area contributed by atoms with Crippen molar-refractivity contribution in [3.8, 4) is 0 Å². The standard InChI is InChI=1S/C14H21N3O3/c1-5-14(3,4)16-13(18)11-9-10(15-6-2)7-8-12(11)17(19)20/h7-9,15H,5-6H2,1-4H3,(H,16,18). The minimum Gasteiger partial charge on any atom is -0.385 e. The van der Waals surface area contributed by atoms with Crippen molar-refractivity contribution in [1.29, 1.82) is 0 Å². The van der Waals surface area contributed by atoms with Crippen LogP contribution in [-0.2, 0) is 0 Å². The van der Waals surface area contributed by atoms with Gasteiger partial charge in [-0.05, 0) is 39.3 Å². The molecule has 1 aromatic rings. The maximum atomic E-state index is 12.3. The third-order valence-corrected chi connectivity index (χ3v) is 3.15. The van der Waals surface area contributed by atoms with Crippen LogP contribution >= 0.6 is 0 Å². The first-order valence-corrected chi connectivity index (χ1v) is 6.65. The second-order valence-corrected chi connectivity index (χ2v) is 5.21. The normalized spacial score (nSPS) is 11.0. The predicted molar refractivity (Wildman–Crippen MR) is 79.1 cm³/mol. The summed E-state index contributed by atoms with van der Waals surface area (Å²) < 4.78 is 0. The zero-order valence-electron chi connectivity index (χ0n) is 12.3. The van der Waals surface area contributed by atoms with Crippen molar-refractivity contribution in [2.45, 2.75) is 39.7 Å². The fourth-order valence-electron chi connectivity index (χ4n) is 1.65. The van der Waals surface area contributed by atoms with Crippen molar-refractivity contribution in [2.75, 3.05) is 11.9 Å². The lowest BCUT2D eigenvalue weighted by atomic mass is 10.0. The summed E-state index contributed by atoms with van der Waals surface area (Å²) in [7, 11) is 0. The Labute approximate surface area is 118 Å². The molecule has 0 aliphatic heterocycles. The minimum atomic E-state index is -0.538. The van der Waals surface area contributed by atoms with E-state index in [9.17, 15) is 14.9 Å². The van der Waals surface area contributed by atoms with Gasteiger partial charge in [0.05, 0.1) is 4.92 Å². The molecule has 1 rings (SSSR count). The molecule has 2 N–H and O–H groups in total. The molecular weight excluding hydrogens is 258 g/mol. The number of amides is 1. The molecule has 6 nitrogen and oxygen atoms in total. The molecule has 0 fully saturated rings. The summed E-state index contributed by atoms with van der Waals surface area (Å²) in [6.07, 6.45) is 0.736. The molecule has 0 aliphatic carbocycles. The van der Waals surface area contributed by atoms with Crippen molar-refractivity contribution in [3.05, 3.63) is 33.9 Å². The number of rotatable bonds is 6. The van der Waals surface area contributed by atoms with Crippen molar-refractivity contribution in [1.82, 2.24) is 5.32 Å². The topological polar surface area (TPSA) is 84.3 Å². The molecule has 1 aromatic carbocycles. The van der Waals surface area contributed by atoms with E-state index in [-0.39, 0.29) is 11.3 Å². The fraction of sp³-hybridized carbons (Fsp3) is 0.500. The molecular formula is C14H21N3O3. The van der Waals surface area contributed by atoms with Crippen LogP contribution in [-0.4, -0.2) is 22.9 Å². The maximum Gasteiger partial charge on any atom is 0.282 e. The number of hydrogen-bond acceptors (Lipinski definition) is 4. The molecule has 0 aliphatic rings. The molecule has 0 unspecified atom stereocenters. The van der Waals surface area contributed by atoms with Crippen LogP contribution in [0.1, 0.15) is 44.5 Å². The van der Waals surface area contributed by atoms with Crippen molar-refractivity contribution in [3.63, 3.8) is 0 Å². The molecule has 0 aromatic heterocycles. The summed E-state index contributed by atoms with van der Waals surface area (Å²) in [5.41, 5.74) is 0.183. The van der Waals surface area contributed by atoms with Crippen LogP contribution in [0.2, 0.25) is 0 Å². The molecule has 1 amide bonds. The van der Waals surface area contributed by atoms with E-state index in [0.717, 1.165) is 6.42 Å². The SMILES string of the molecule is CCNc1ccc([N+](=O)[O-])c(C(=O)NC(C)(C)CC)c1. The molecule has 0 atom stereocenters. The number of carbonyl (C=O) groups excluding carboxylic acids is 1. The Bertz CT molecular complexity index is 512. The Morgan fingerprint density at radius 2 is 2.00 bits per heavy atom. The number of benzene rings is 1. The summed E-state index contributed by atoms with van der Waals surface area (Å²) in [5.74, 6) is -0.427. The monoisotopic (exact) mass is 279 g/mol. The average Bonchev–Trinajstić information content (AvgIpc) is 2.38. The van der Waals surface area contributed by atoms with Gasteiger partial charge in [0.25, 0.3) is 11.6 Å². The largest absolute Gasteiger partial charge is 0.385 e. The second kappa shape index (κ2) is 6.36. The van der Waals surface area contributed by atoms with Gasteiger partial charge in [0.2, 0.25) is 0 Å². The minimum absolute atomic E-state index is 0.0787. The molecule has 0 saturated carbocycles. The zero-order valence-corrected chi connectivity index (χ0v) is 12.3. The number of carbonyl (C=O) groups is 1. The number of nitro benzene ring substituents is 1. The van der Waals surface area contributed by atoms with Crippen molar-refractivity contribution in [2.24, 2.45) is 0 Å². The Hall–Kier alpha value is -2.11. The van der Waals surface area contributed by atoms with E-state index in [1.807, 2.05) is 27.7 Å². The fourth-order valence-corrected chi connectivity index (χ4v) is 1.65. The lowest BCUT2D eigenvalue weighted by Gasteiger charge is -2.24. The Kier molecular flexibility index (Phi) is 5.07. The number of nitrogens with zero attached hydrogens (tertiary/aromatic N) is 1. The Morgan fingerprint density at radius 1 is 1.35 bits per heavy atom. The highest BCUT2D eigenvalue weighted by atomic mass is 16.6. The maximum absolute atomic E-state index is 12.3. The van der Waals surface area contributed by atoms with E-state index in [0.29, 0.717) is 12.2 Å². The summed E-state index contributed by atoms with van der Waals surface area (Å²) in [6.45, 7) is 8.31. The predicted octanol–water partition coefficient (Wildman–Crippen LogP) is 2.95. The summed E-state index contributed by atoms with van der Waals surface area (Å²) >= 11 is 0. The summed E-state index contributed by atoms with van der Waals surface area (Å²) in [6, 6.07) is 4.47. The molecule has 0 bridgehead atoms. The van der Waals surface area contributed by atoms with E-state index < -0.39 is 16.4 Å². The van der Waals surface area contributed by atoms with Crippen LogP contribution in [0.4, 0.5) is 11.4 Å². The van der Waals surface area contributed by atoms with E-state index >= 15 is 0 Å². The van der Waals surface area contributed by atoms with Gasteiger partial charge in [-0.1, -0.05) is 6.92 Å². The van der Waals surface area contributed by atoms with Crippen LogP contribution in [0.3, 0.4) is 0 Å². The molecule has 0 saturated heterocycles. The van der Waals surface area contributed by atoms with Gasteiger partial charge < -0.3 is 10.6 Å². The van der Waals surface area contributed by atoms with E-state index in [1.54, 1.807) is 6.07 Å². The molecule has 0 radical (unpaired) electrons. The number of nitro groups is 1. The number of nitrogens with one attached hydrogen (secondary N) is 2. The van der Waals surface area contributed by atoms with Gasteiger partial charge >= 0.3 is 0 Å². The van der Waals surface area contributed by atoms with Crippen LogP contribution in [0.15, 0.2) is 18.2 Å². The van der Waals surface area contributed by atoms with Crippen LogP contribution in [0, 0.1) is 10.1 Å². The lowest BCUT2D eigenvalue weighted by molar-refractivity contribution is -0.385. The number of hydrogen-bond donors (Lipinski definition) is 2. The Balaban J connectivity index is 3.15. The van der Waals surface area contributed by atoms with Gasteiger partial charge in [-0.3, -0.25) is 14.9 Å². The molecule has 0 heterocycles. The molecule has 110 valence electrons. The lowest BCUT2D eigenvalue weighted by Crippen LogP contribution is -2.43. The second-order valence-electron chi connectivity index (χ2n) is 5.21. The first kappa shape index (κ1) is 15.9. The van der Waals surface area contributed by atoms with E-state index in [2.05, 4.69) is 10.6 Å². The quantitative estimate of drug-likeness (QED) is 0.619. The highest BCUT2D eigenvalue weighted by Gasteiger charge is 2.25. The summed E-state index contributed by atoms with van der Waals surface area (Å²) in [4.78, 5) is 22.8. The molecule has 20 heavy (non-hydrogen) atoms. The van der Waals surface area contributed by atoms with Crippen molar-refractivity contribution >= 4 is 17.3 Å². The number of anilines is 1. The van der Waals surface area contributed by atoms with Crippen LogP contribution in [0.25, 0.3) is 0 Å². The van der Waals surface area contributed by atoms with Gasteiger partial charge in [-0.2, -0.15) is 0 Å². The average molecular weight is 279 g/mol. The van der Waals surface area contributed by atoms with Gasteiger partial charge in [0, 0.05) is 23.8 Å².